The fraction of sp³-hybridized carbons (Fsp3) is 0.174. The van der Waals surface area contributed by atoms with E-state index in [1.54, 1.807) is 19.1 Å². The van der Waals surface area contributed by atoms with Crippen LogP contribution in [0.15, 0.2) is 65.7 Å². The predicted molar refractivity (Wildman–Crippen MR) is 115 cm³/mol. The Morgan fingerprint density at radius 2 is 1.86 bits per heavy atom. The Labute approximate surface area is 171 Å². The summed E-state index contributed by atoms with van der Waals surface area (Å²) in [6.07, 6.45) is 0.240. The number of hydrogen-bond donors (Lipinski definition) is 0. The molecule has 0 bridgehead atoms. The van der Waals surface area contributed by atoms with Crippen LogP contribution in [0.4, 0.5) is 0 Å². The molecule has 0 aliphatic carbocycles. The Morgan fingerprint density at radius 1 is 1.07 bits per heavy atom. The van der Waals surface area contributed by atoms with Crippen molar-refractivity contribution < 1.29 is 14.3 Å². The number of nitrogens with zero attached hydrogens (tertiary/aromatic N) is 2. The molecule has 0 radical (unpaired) electrons. The van der Waals surface area contributed by atoms with Crippen molar-refractivity contribution >= 4 is 44.2 Å². The first-order chi connectivity index (χ1) is 14.1. The lowest BCUT2D eigenvalue weighted by Gasteiger charge is -2.04. The van der Waals surface area contributed by atoms with Crippen LogP contribution in [0.5, 0.6) is 0 Å². The number of fused-ring (bicyclic) bond motifs is 2. The third kappa shape index (κ3) is 3.84. The zero-order valence-electron chi connectivity index (χ0n) is 16.2. The Morgan fingerprint density at radius 3 is 2.69 bits per heavy atom. The second-order valence-corrected chi connectivity index (χ2v) is 7.68. The Hall–Kier alpha value is -3.25. The van der Waals surface area contributed by atoms with Crippen molar-refractivity contribution in [2.24, 2.45) is 12.0 Å². The molecule has 1 heterocycles. The van der Waals surface area contributed by atoms with Crippen LogP contribution < -0.4 is 4.80 Å². The van der Waals surface area contributed by atoms with Crippen LogP contribution in [0.3, 0.4) is 0 Å². The molecule has 4 rings (SSSR count). The Balaban J connectivity index is 1.67. The number of aryl methyl sites for hydroxylation is 1. The molecule has 4 aromatic rings. The van der Waals surface area contributed by atoms with E-state index in [-0.39, 0.29) is 18.3 Å². The molecule has 0 atom stereocenters. The van der Waals surface area contributed by atoms with Crippen LogP contribution in [0.2, 0.25) is 0 Å². The summed E-state index contributed by atoms with van der Waals surface area (Å²) in [6.45, 7) is 2.11. The van der Waals surface area contributed by atoms with E-state index in [9.17, 15) is 9.59 Å². The number of thiazole rings is 1. The van der Waals surface area contributed by atoms with E-state index in [2.05, 4.69) is 4.99 Å². The summed E-state index contributed by atoms with van der Waals surface area (Å²) < 4.78 is 7.82. The summed E-state index contributed by atoms with van der Waals surface area (Å²) in [4.78, 5) is 29.6. The molecule has 0 saturated carbocycles. The van der Waals surface area contributed by atoms with Crippen LogP contribution in [0.1, 0.15) is 22.8 Å². The van der Waals surface area contributed by atoms with E-state index in [4.69, 9.17) is 4.74 Å². The second-order valence-electron chi connectivity index (χ2n) is 6.67. The first kappa shape index (κ1) is 19.1. The van der Waals surface area contributed by atoms with Gasteiger partial charge in [0, 0.05) is 7.05 Å². The van der Waals surface area contributed by atoms with Crippen molar-refractivity contribution in [1.29, 1.82) is 0 Å². The van der Waals surface area contributed by atoms with Crippen LogP contribution in [-0.2, 0) is 23.0 Å². The summed E-state index contributed by atoms with van der Waals surface area (Å²) in [5, 5.41) is 2.18. The van der Waals surface area contributed by atoms with E-state index >= 15 is 0 Å². The summed E-state index contributed by atoms with van der Waals surface area (Å²) >= 11 is 1.38. The van der Waals surface area contributed by atoms with Gasteiger partial charge in [0.2, 0.25) is 0 Å². The molecule has 3 aromatic carbocycles. The van der Waals surface area contributed by atoms with Gasteiger partial charge in [-0.3, -0.25) is 4.79 Å². The highest BCUT2D eigenvalue weighted by Gasteiger charge is 2.11. The van der Waals surface area contributed by atoms with Gasteiger partial charge in [-0.25, -0.2) is 4.79 Å². The number of amides is 1. The Bertz CT molecular complexity index is 1300. The van der Waals surface area contributed by atoms with Gasteiger partial charge < -0.3 is 9.30 Å². The highest BCUT2D eigenvalue weighted by atomic mass is 32.1. The number of benzene rings is 3. The molecule has 0 spiro atoms. The standard InChI is InChI=1S/C23H20N2O3S/c1-3-28-22(27)17-11-12-19-20(13-17)29-23(25(19)2)24-21(26)14-16-9-6-8-15-7-4-5-10-18(15)16/h4-13H,3,14H2,1-2H3. The zero-order chi connectivity index (χ0) is 20.4. The molecular weight excluding hydrogens is 384 g/mol. The number of carbonyl (C=O) groups excluding carboxylic acids is 2. The summed E-state index contributed by atoms with van der Waals surface area (Å²) in [5.74, 6) is -0.551. The van der Waals surface area contributed by atoms with E-state index < -0.39 is 0 Å². The van der Waals surface area contributed by atoms with Crippen molar-refractivity contribution in [2.45, 2.75) is 13.3 Å². The number of carbonyl (C=O) groups is 2. The molecule has 1 amide bonds. The highest BCUT2D eigenvalue weighted by Crippen LogP contribution is 2.20. The van der Waals surface area contributed by atoms with Crippen molar-refractivity contribution in [3.05, 3.63) is 76.6 Å². The SMILES string of the molecule is CCOC(=O)c1ccc2c(c1)sc(=NC(=O)Cc1cccc3ccccc13)n2C. The van der Waals surface area contributed by atoms with Gasteiger partial charge >= 0.3 is 5.97 Å². The van der Waals surface area contributed by atoms with Gasteiger partial charge in [-0.1, -0.05) is 53.8 Å². The van der Waals surface area contributed by atoms with Crippen molar-refractivity contribution in [3.63, 3.8) is 0 Å². The number of ether oxygens (including phenoxy) is 1. The topological polar surface area (TPSA) is 60.7 Å². The number of rotatable bonds is 4. The first-order valence-electron chi connectivity index (χ1n) is 9.37. The molecule has 0 saturated heterocycles. The zero-order valence-corrected chi connectivity index (χ0v) is 17.0. The van der Waals surface area contributed by atoms with Crippen LogP contribution in [0.25, 0.3) is 21.0 Å². The third-order valence-electron chi connectivity index (χ3n) is 4.76. The van der Waals surface area contributed by atoms with E-state index in [1.165, 1.54) is 11.3 Å². The van der Waals surface area contributed by atoms with E-state index in [0.717, 1.165) is 26.6 Å². The number of aromatic nitrogens is 1. The summed E-state index contributed by atoms with van der Waals surface area (Å²) in [5.41, 5.74) is 2.37. The molecule has 1 aromatic heterocycles. The minimum atomic E-state index is -0.351. The molecule has 0 fully saturated rings. The summed E-state index contributed by atoms with van der Waals surface area (Å²) in [6, 6.07) is 19.3. The molecular formula is C23H20N2O3S. The minimum absolute atomic E-state index is 0.200. The molecule has 0 N–H and O–H groups in total. The smallest absolute Gasteiger partial charge is 0.338 e. The van der Waals surface area contributed by atoms with Crippen molar-refractivity contribution in [3.8, 4) is 0 Å². The Kier molecular flexibility index (Phi) is 5.27. The monoisotopic (exact) mass is 404 g/mol. The van der Waals surface area contributed by atoms with Gasteiger partial charge in [-0.2, -0.15) is 4.99 Å². The van der Waals surface area contributed by atoms with Gasteiger partial charge in [0.25, 0.3) is 5.91 Å². The van der Waals surface area contributed by atoms with Crippen LogP contribution in [-0.4, -0.2) is 23.1 Å². The fourth-order valence-corrected chi connectivity index (χ4v) is 4.41. The maximum atomic E-state index is 12.7. The molecule has 6 heteroatoms. The van der Waals surface area contributed by atoms with Gasteiger partial charge in [-0.15, -0.1) is 0 Å². The maximum absolute atomic E-state index is 12.7. The fourth-order valence-electron chi connectivity index (χ4n) is 3.34. The maximum Gasteiger partial charge on any atom is 0.338 e. The molecule has 0 aliphatic rings. The van der Waals surface area contributed by atoms with Gasteiger partial charge in [0.05, 0.1) is 28.8 Å². The van der Waals surface area contributed by atoms with E-state index in [0.29, 0.717) is 17.0 Å². The summed E-state index contributed by atoms with van der Waals surface area (Å²) in [7, 11) is 1.87. The normalized spacial score (nSPS) is 11.9. The largest absolute Gasteiger partial charge is 0.462 e. The number of hydrogen-bond acceptors (Lipinski definition) is 4. The van der Waals surface area contributed by atoms with Gasteiger partial charge in [-0.05, 0) is 41.5 Å². The van der Waals surface area contributed by atoms with Crippen molar-refractivity contribution in [1.82, 2.24) is 4.57 Å². The lowest BCUT2D eigenvalue weighted by atomic mass is 10.0. The molecule has 29 heavy (non-hydrogen) atoms. The van der Waals surface area contributed by atoms with Gasteiger partial charge in [0.15, 0.2) is 4.80 Å². The molecule has 0 aliphatic heterocycles. The van der Waals surface area contributed by atoms with Crippen LogP contribution >= 0.6 is 11.3 Å². The highest BCUT2D eigenvalue weighted by molar-refractivity contribution is 7.16. The molecule has 146 valence electrons. The van der Waals surface area contributed by atoms with Crippen molar-refractivity contribution in [2.75, 3.05) is 6.61 Å². The molecule has 0 unspecified atom stereocenters. The second kappa shape index (κ2) is 8.01. The quantitative estimate of drug-likeness (QED) is 0.478. The molecule has 5 nitrogen and oxygen atoms in total. The van der Waals surface area contributed by atoms with Gasteiger partial charge in [0.1, 0.15) is 0 Å². The average Bonchev–Trinajstić information content (AvgIpc) is 3.03. The van der Waals surface area contributed by atoms with E-state index in [1.807, 2.05) is 60.1 Å². The third-order valence-corrected chi connectivity index (χ3v) is 5.86. The predicted octanol–water partition coefficient (Wildman–Crippen LogP) is 4.24. The first-order valence-corrected chi connectivity index (χ1v) is 10.2. The minimum Gasteiger partial charge on any atom is -0.462 e. The lowest BCUT2D eigenvalue weighted by Crippen LogP contribution is -2.14. The van der Waals surface area contributed by atoms with Crippen LogP contribution in [0, 0.1) is 0 Å². The lowest BCUT2D eigenvalue weighted by molar-refractivity contribution is -0.117. The number of esters is 1. The average molecular weight is 404 g/mol.